The van der Waals surface area contributed by atoms with Crippen LogP contribution in [0.5, 0.6) is 5.75 Å². The summed E-state index contributed by atoms with van der Waals surface area (Å²) in [5.41, 5.74) is 2.76. The van der Waals surface area contributed by atoms with Gasteiger partial charge in [0.1, 0.15) is 5.75 Å². The number of fused-ring (bicyclic) bond motifs is 1. The number of ether oxygens (including phenoxy) is 1. The van der Waals surface area contributed by atoms with Gasteiger partial charge in [0.05, 0.1) is 13.3 Å². The zero-order valence-corrected chi connectivity index (χ0v) is 9.58. The topological polar surface area (TPSA) is 24.5 Å². The van der Waals surface area contributed by atoms with Crippen molar-refractivity contribution < 1.29 is 4.74 Å². The van der Waals surface area contributed by atoms with Gasteiger partial charge in [-0.25, -0.2) is 0 Å². The van der Waals surface area contributed by atoms with E-state index in [2.05, 4.69) is 29.4 Å². The molecule has 1 aliphatic rings. The highest BCUT2D eigenvalue weighted by Crippen LogP contribution is 2.29. The second-order valence-electron chi connectivity index (χ2n) is 3.99. The van der Waals surface area contributed by atoms with Gasteiger partial charge < -0.3 is 10.1 Å². The maximum absolute atomic E-state index is 5.26. The van der Waals surface area contributed by atoms with Crippen molar-refractivity contribution in [2.75, 3.05) is 27.7 Å². The Hall–Kier alpha value is -1.06. The Bertz CT molecular complexity index is 351. The van der Waals surface area contributed by atoms with Crippen molar-refractivity contribution in [1.29, 1.82) is 0 Å². The summed E-state index contributed by atoms with van der Waals surface area (Å²) in [4.78, 5) is 2.32. The molecule has 1 N–H and O–H groups in total. The molecule has 15 heavy (non-hydrogen) atoms. The molecule has 1 unspecified atom stereocenters. The number of hydrogen-bond donors (Lipinski definition) is 1. The summed E-state index contributed by atoms with van der Waals surface area (Å²) in [6.07, 6.45) is 1.43. The van der Waals surface area contributed by atoms with Gasteiger partial charge in [-0.15, -0.1) is 0 Å². The summed E-state index contributed by atoms with van der Waals surface area (Å²) in [5.74, 6) is 0.935. The van der Waals surface area contributed by atoms with E-state index < -0.39 is 0 Å². The van der Waals surface area contributed by atoms with Gasteiger partial charge in [0.15, 0.2) is 0 Å². The van der Waals surface area contributed by atoms with Crippen LogP contribution in [0.15, 0.2) is 18.2 Å². The van der Waals surface area contributed by atoms with E-state index in [1.54, 1.807) is 7.11 Å². The van der Waals surface area contributed by atoms with Crippen LogP contribution in [-0.2, 0) is 6.42 Å². The highest BCUT2D eigenvalue weighted by atomic mass is 16.5. The zero-order chi connectivity index (χ0) is 10.8. The molecule has 82 valence electrons. The normalized spacial score (nSPS) is 21.1. The monoisotopic (exact) mass is 206 g/mol. The number of likely N-dealkylation sites (N-methyl/N-ethyl adjacent to an activating group) is 1. The molecule has 1 aromatic carbocycles. The Morgan fingerprint density at radius 3 is 2.93 bits per heavy atom. The van der Waals surface area contributed by atoms with E-state index in [4.69, 9.17) is 4.74 Å². The molecule has 0 radical (unpaired) electrons. The first-order chi connectivity index (χ1) is 7.26. The van der Waals surface area contributed by atoms with E-state index >= 15 is 0 Å². The highest BCUT2D eigenvalue weighted by Gasteiger charge is 2.23. The van der Waals surface area contributed by atoms with E-state index in [9.17, 15) is 0 Å². The zero-order valence-electron chi connectivity index (χ0n) is 9.58. The van der Waals surface area contributed by atoms with Gasteiger partial charge in [0.2, 0.25) is 0 Å². The minimum atomic E-state index is 0.309. The molecular weight excluding hydrogens is 188 g/mol. The first-order valence-corrected chi connectivity index (χ1v) is 5.30. The molecule has 1 aliphatic heterocycles. The summed E-state index contributed by atoms with van der Waals surface area (Å²) in [6, 6.07) is 6.34. The number of rotatable bonds is 2. The number of nitrogens with zero attached hydrogens (tertiary/aromatic N) is 1. The number of methoxy groups -OCH3 is 1. The van der Waals surface area contributed by atoms with E-state index in [0.29, 0.717) is 6.17 Å². The van der Waals surface area contributed by atoms with Crippen molar-refractivity contribution in [2.45, 2.75) is 12.6 Å². The fraction of sp³-hybridized carbons (Fsp3) is 0.500. The van der Waals surface area contributed by atoms with Crippen molar-refractivity contribution >= 4 is 0 Å². The van der Waals surface area contributed by atoms with Gasteiger partial charge in [0, 0.05) is 6.54 Å². The molecule has 0 saturated carbocycles. The highest BCUT2D eigenvalue weighted by molar-refractivity contribution is 5.39. The SMILES string of the molecule is CNC1c2cc(OC)ccc2CCN1C. The summed E-state index contributed by atoms with van der Waals surface area (Å²) in [6.45, 7) is 1.10. The lowest BCUT2D eigenvalue weighted by atomic mass is 9.97. The van der Waals surface area contributed by atoms with Crippen molar-refractivity contribution in [3.63, 3.8) is 0 Å². The van der Waals surface area contributed by atoms with Crippen molar-refractivity contribution in [1.82, 2.24) is 10.2 Å². The first-order valence-electron chi connectivity index (χ1n) is 5.30. The average molecular weight is 206 g/mol. The van der Waals surface area contributed by atoms with Crippen LogP contribution >= 0.6 is 0 Å². The molecule has 1 aromatic rings. The van der Waals surface area contributed by atoms with Gasteiger partial charge >= 0.3 is 0 Å². The number of benzene rings is 1. The molecule has 0 fully saturated rings. The second-order valence-corrected chi connectivity index (χ2v) is 3.99. The molecule has 2 rings (SSSR count). The Kier molecular flexibility index (Phi) is 2.93. The summed E-state index contributed by atoms with van der Waals surface area (Å²) < 4.78 is 5.26. The van der Waals surface area contributed by atoms with Gasteiger partial charge in [-0.05, 0) is 43.8 Å². The summed E-state index contributed by atoms with van der Waals surface area (Å²) in [5, 5.41) is 3.33. The van der Waals surface area contributed by atoms with Crippen LogP contribution in [0.4, 0.5) is 0 Å². The fourth-order valence-electron chi connectivity index (χ4n) is 2.22. The van der Waals surface area contributed by atoms with Gasteiger partial charge in [0.25, 0.3) is 0 Å². The molecule has 0 aliphatic carbocycles. The standard InChI is InChI=1S/C12H18N2O/c1-13-12-11-8-10(15-3)5-4-9(11)6-7-14(12)2/h4-5,8,12-13H,6-7H2,1-3H3. The smallest absolute Gasteiger partial charge is 0.119 e. The predicted octanol–water partition coefficient (Wildman–Crippen LogP) is 1.40. The minimum Gasteiger partial charge on any atom is -0.497 e. The molecule has 3 heteroatoms. The first kappa shape index (κ1) is 10.5. The Labute approximate surface area is 91.0 Å². The number of hydrogen-bond acceptors (Lipinski definition) is 3. The maximum atomic E-state index is 5.26. The second kappa shape index (κ2) is 4.21. The third-order valence-electron chi connectivity index (χ3n) is 3.10. The van der Waals surface area contributed by atoms with Crippen LogP contribution in [0.2, 0.25) is 0 Å². The fourth-order valence-corrected chi connectivity index (χ4v) is 2.22. The molecule has 1 heterocycles. The van der Waals surface area contributed by atoms with Crippen molar-refractivity contribution in [3.8, 4) is 5.75 Å². The quantitative estimate of drug-likeness (QED) is 0.791. The van der Waals surface area contributed by atoms with E-state index in [1.807, 2.05) is 13.1 Å². The third-order valence-corrected chi connectivity index (χ3v) is 3.10. The Morgan fingerprint density at radius 1 is 1.47 bits per heavy atom. The lowest BCUT2D eigenvalue weighted by molar-refractivity contribution is 0.203. The molecule has 0 spiro atoms. The number of nitrogens with one attached hydrogen (secondary N) is 1. The van der Waals surface area contributed by atoms with Gasteiger partial charge in [-0.2, -0.15) is 0 Å². The van der Waals surface area contributed by atoms with Crippen LogP contribution in [0.3, 0.4) is 0 Å². The molecule has 3 nitrogen and oxygen atoms in total. The molecule has 0 amide bonds. The molecule has 0 bridgehead atoms. The van der Waals surface area contributed by atoms with E-state index in [1.165, 1.54) is 11.1 Å². The van der Waals surface area contributed by atoms with E-state index in [0.717, 1.165) is 18.7 Å². The van der Waals surface area contributed by atoms with Crippen LogP contribution in [0.25, 0.3) is 0 Å². The maximum Gasteiger partial charge on any atom is 0.119 e. The Morgan fingerprint density at radius 2 is 2.27 bits per heavy atom. The Balaban J connectivity index is 2.41. The van der Waals surface area contributed by atoms with Crippen molar-refractivity contribution in [3.05, 3.63) is 29.3 Å². The van der Waals surface area contributed by atoms with Gasteiger partial charge in [-0.3, -0.25) is 4.90 Å². The lowest BCUT2D eigenvalue weighted by Crippen LogP contribution is -2.39. The van der Waals surface area contributed by atoms with E-state index in [-0.39, 0.29) is 0 Å². The molecule has 0 saturated heterocycles. The molecule has 1 atom stereocenters. The average Bonchev–Trinajstić information content (AvgIpc) is 2.28. The van der Waals surface area contributed by atoms with Crippen LogP contribution in [0.1, 0.15) is 17.3 Å². The van der Waals surface area contributed by atoms with Gasteiger partial charge in [-0.1, -0.05) is 6.07 Å². The summed E-state index contributed by atoms with van der Waals surface area (Å²) >= 11 is 0. The van der Waals surface area contributed by atoms with Crippen molar-refractivity contribution in [2.24, 2.45) is 0 Å². The largest absolute Gasteiger partial charge is 0.497 e. The predicted molar refractivity (Wildman–Crippen MR) is 61.1 cm³/mol. The molecule has 0 aromatic heterocycles. The third kappa shape index (κ3) is 1.85. The summed E-state index contributed by atoms with van der Waals surface area (Å²) in [7, 11) is 5.85. The minimum absolute atomic E-state index is 0.309. The van der Waals surface area contributed by atoms with Crippen LogP contribution in [-0.4, -0.2) is 32.6 Å². The molecular formula is C12H18N2O. The lowest BCUT2D eigenvalue weighted by Gasteiger charge is -2.34. The van der Waals surface area contributed by atoms with Crippen LogP contribution in [0, 0.1) is 0 Å². The van der Waals surface area contributed by atoms with Crippen LogP contribution < -0.4 is 10.1 Å².